The van der Waals surface area contributed by atoms with Crippen molar-refractivity contribution in [2.45, 2.75) is 25.4 Å². The van der Waals surface area contributed by atoms with E-state index in [0.717, 1.165) is 42.2 Å². The molecule has 138 valence electrons. The van der Waals surface area contributed by atoms with Gasteiger partial charge in [0, 0.05) is 48.3 Å². The maximum absolute atomic E-state index is 12.2. The highest BCUT2D eigenvalue weighted by Gasteiger charge is 2.34. The van der Waals surface area contributed by atoms with Crippen LogP contribution in [-0.2, 0) is 13.1 Å². The van der Waals surface area contributed by atoms with Gasteiger partial charge in [0.25, 0.3) is 5.56 Å². The summed E-state index contributed by atoms with van der Waals surface area (Å²) in [5, 5.41) is 0. The molecule has 1 fully saturated rings. The second-order valence-corrected chi connectivity index (χ2v) is 8.05. The standard InChI is InChI=1S/C20H23BrN2O3/c1-25-18-7-14(16(21)8-19(18)26-2)11-22-9-13-6-15(12-22)17-4-3-5-20(24)23(17)10-13/h3-5,7-8,13,15H,6,9-12H2,1-2H3/t13-,15+/m1/s1. The Labute approximate surface area is 161 Å². The summed E-state index contributed by atoms with van der Waals surface area (Å²) in [6.45, 7) is 3.67. The van der Waals surface area contributed by atoms with Gasteiger partial charge in [-0.05, 0) is 36.1 Å². The van der Waals surface area contributed by atoms with E-state index >= 15 is 0 Å². The number of fused-ring (bicyclic) bond motifs is 4. The van der Waals surface area contributed by atoms with Crippen LogP contribution in [0.4, 0.5) is 0 Å². The van der Waals surface area contributed by atoms with Crippen LogP contribution in [0, 0.1) is 5.92 Å². The zero-order valence-electron chi connectivity index (χ0n) is 15.1. The molecule has 4 rings (SSSR count). The Morgan fingerprint density at radius 3 is 2.65 bits per heavy atom. The highest BCUT2D eigenvalue weighted by Crippen LogP contribution is 2.38. The first-order valence-electron chi connectivity index (χ1n) is 8.91. The summed E-state index contributed by atoms with van der Waals surface area (Å²) < 4.78 is 13.8. The van der Waals surface area contributed by atoms with Crippen molar-refractivity contribution >= 4 is 15.9 Å². The first-order valence-corrected chi connectivity index (χ1v) is 9.71. The van der Waals surface area contributed by atoms with Crippen LogP contribution in [0.1, 0.15) is 23.6 Å². The fourth-order valence-electron chi connectivity index (χ4n) is 4.38. The van der Waals surface area contributed by atoms with E-state index in [1.165, 1.54) is 17.7 Å². The molecule has 0 N–H and O–H groups in total. The highest BCUT2D eigenvalue weighted by molar-refractivity contribution is 9.10. The number of hydrogen-bond donors (Lipinski definition) is 0. The van der Waals surface area contributed by atoms with E-state index in [0.29, 0.717) is 11.8 Å². The molecule has 2 atom stereocenters. The summed E-state index contributed by atoms with van der Waals surface area (Å²) in [5.41, 5.74) is 2.51. The Morgan fingerprint density at radius 1 is 1.12 bits per heavy atom. The number of nitrogens with zero attached hydrogens (tertiary/aromatic N) is 2. The fraction of sp³-hybridized carbons (Fsp3) is 0.450. The molecule has 6 heteroatoms. The third-order valence-electron chi connectivity index (χ3n) is 5.50. The third-order valence-corrected chi connectivity index (χ3v) is 6.24. The van der Waals surface area contributed by atoms with Gasteiger partial charge in [-0.3, -0.25) is 9.69 Å². The van der Waals surface area contributed by atoms with E-state index in [4.69, 9.17) is 9.47 Å². The zero-order valence-corrected chi connectivity index (χ0v) is 16.7. The molecule has 0 saturated carbocycles. The molecule has 2 aliphatic heterocycles. The van der Waals surface area contributed by atoms with Crippen LogP contribution in [0.25, 0.3) is 0 Å². The molecule has 1 aromatic heterocycles. The maximum Gasteiger partial charge on any atom is 0.250 e. The average molecular weight is 419 g/mol. The van der Waals surface area contributed by atoms with Crippen molar-refractivity contribution in [2.24, 2.45) is 5.92 Å². The van der Waals surface area contributed by atoms with Gasteiger partial charge in [0.2, 0.25) is 0 Å². The summed E-state index contributed by atoms with van der Waals surface area (Å²) in [7, 11) is 3.31. The Balaban J connectivity index is 1.58. The third kappa shape index (κ3) is 3.16. The number of benzene rings is 1. The predicted molar refractivity (Wildman–Crippen MR) is 104 cm³/mol. The second-order valence-electron chi connectivity index (χ2n) is 7.19. The molecule has 2 bridgehead atoms. The van der Waals surface area contributed by atoms with Crippen molar-refractivity contribution < 1.29 is 9.47 Å². The molecular formula is C20H23BrN2O3. The number of likely N-dealkylation sites (tertiary alicyclic amines) is 1. The first-order chi connectivity index (χ1) is 12.6. The Kier molecular flexibility index (Phi) is 4.80. The normalized spacial score (nSPS) is 22.0. The molecule has 0 radical (unpaired) electrons. The zero-order chi connectivity index (χ0) is 18.3. The quantitative estimate of drug-likeness (QED) is 0.764. The van der Waals surface area contributed by atoms with E-state index in [1.54, 1.807) is 20.3 Å². The van der Waals surface area contributed by atoms with E-state index in [2.05, 4.69) is 26.9 Å². The van der Waals surface area contributed by atoms with Crippen LogP contribution in [0.3, 0.4) is 0 Å². The molecule has 1 aromatic carbocycles. The molecule has 26 heavy (non-hydrogen) atoms. The summed E-state index contributed by atoms with van der Waals surface area (Å²) in [4.78, 5) is 14.7. The number of piperidine rings is 1. The second kappa shape index (κ2) is 7.08. The maximum atomic E-state index is 12.2. The Morgan fingerprint density at radius 2 is 1.88 bits per heavy atom. The molecule has 2 aromatic rings. The van der Waals surface area contributed by atoms with Gasteiger partial charge in [-0.25, -0.2) is 0 Å². The van der Waals surface area contributed by atoms with E-state index in [1.807, 2.05) is 22.8 Å². The van der Waals surface area contributed by atoms with Gasteiger partial charge in [0.15, 0.2) is 11.5 Å². The first kappa shape index (κ1) is 17.6. The fourth-order valence-corrected chi connectivity index (χ4v) is 4.83. The molecule has 2 aliphatic rings. The van der Waals surface area contributed by atoms with Crippen LogP contribution < -0.4 is 15.0 Å². The molecule has 0 unspecified atom stereocenters. The number of aromatic nitrogens is 1. The molecular weight excluding hydrogens is 396 g/mol. The van der Waals surface area contributed by atoms with Crippen molar-refractivity contribution in [3.05, 3.63) is 56.4 Å². The largest absolute Gasteiger partial charge is 0.493 e. The number of pyridine rings is 1. The lowest BCUT2D eigenvalue weighted by molar-refractivity contribution is 0.114. The van der Waals surface area contributed by atoms with Crippen LogP contribution in [0.5, 0.6) is 11.5 Å². The summed E-state index contributed by atoms with van der Waals surface area (Å²) in [6.07, 6.45) is 1.17. The van der Waals surface area contributed by atoms with Crippen molar-refractivity contribution in [3.8, 4) is 11.5 Å². The van der Waals surface area contributed by atoms with E-state index in [-0.39, 0.29) is 5.56 Å². The van der Waals surface area contributed by atoms with E-state index < -0.39 is 0 Å². The topological polar surface area (TPSA) is 43.7 Å². The number of rotatable bonds is 4. The van der Waals surface area contributed by atoms with Gasteiger partial charge >= 0.3 is 0 Å². The van der Waals surface area contributed by atoms with Crippen molar-refractivity contribution in [1.29, 1.82) is 0 Å². The molecule has 3 heterocycles. The summed E-state index contributed by atoms with van der Waals surface area (Å²) in [5.74, 6) is 2.43. The minimum Gasteiger partial charge on any atom is -0.493 e. The number of ether oxygens (including phenoxy) is 2. The van der Waals surface area contributed by atoms with Crippen LogP contribution in [0.15, 0.2) is 39.6 Å². The number of halogens is 1. The lowest BCUT2D eigenvalue weighted by Crippen LogP contribution is -2.46. The van der Waals surface area contributed by atoms with Gasteiger partial charge in [-0.15, -0.1) is 0 Å². The van der Waals surface area contributed by atoms with Gasteiger partial charge < -0.3 is 14.0 Å². The smallest absolute Gasteiger partial charge is 0.250 e. The summed E-state index contributed by atoms with van der Waals surface area (Å²) in [6, 6.07) is 9.68. The lowest BCUT2D eigenvalue weighted by Gasteiger charge is -2.43. The SMILES string of the molecule is COc1cc(Br)c(CN2C[C@H]3C[C@@H](C2)c2cccc(=O)n2C3)cc1OC. The molecule has 0 amide bonds. The van der Waals surface area contributed by atoms with Crippen LogP contribution in [-0.4, -0.2) is 36.8 Å². The Bertz CT molecular complexity index is 880. The monoisotopic (exact) mass is 418 g/mol. The van der Waals surface area contributed by atoms with Gasteiger partial charge in [0.1, 0.15) is 0 Å². The summed E-state index contributed by atoms with van der Waals surface area (Å²) >= 11 is 3.67. The highest BCUT2D eigenvalue weighted by atomic mass is 79.9. The van der Waals surface area contributed by atoms with Crippen LogP contribution >= 0.6 is 15.9 Å². The Hall–Kier alpha value is -1.79. The molecule has 0 spiro atoms. The van der Waals surface area contributed by atoms with Gasteiger partial charge in [-0.2, -0.15) is 0 Å². The van der Waals surface area contributed by atoms with Crippen LogP contribution in [0.2, 0.25) is 0 Å². The minimum absolute atomic E-state index is 0.133. The number of methoxy groups -OCH3 is 2. The van der Waals surface area contributed by atoms with E-state index in [9.17, 15) is 4.79 Å². The number of hydrogen-bond acceptors (Lipinski definition) is 4. The average Bonchev–Trinajstić information content (AvgIpc) is 2.64. The molecule has 5 nitrogen and oxygen atoms in total. The van der Waals surface area contributed by atoms with Crippen molar-refractivity contribution in [1.82, 2.24) is 9.47 Å². The van der Waals surface area contributed by atoms with Gasteiger partial charge in [-0.1, -0.05) is 22.0 Å². The van der Waals surface area contributed by atoms with Gasteiger partial charge in [0.05, 0.1) is 14.2 Å². The predicted octanol–water partition coefficient (Wildman–Crippen LogP) is 3.25. The minimum atomic E-state index is 0.133. The lowest BCUT2D eigenvalue weighted by atomic mass is 9.83. The molecule has 1 saturated heterocycles. The van der Waals surface area contributed by atoms with Crippen molar-refractivity contribution in [3.63, 3.8) is 0 Å². The van der Waals surface area contributed by atoms with Crippen molar-refractivity contribution in [2.75, 3.05) is 27.3 Å². The molecule has 0 aliphatic carbocycles.